The predicted octanol–water partition coefficient (Wildman–Crippen LogP) is 4.71. The minimum atomic E-state index is -0.498. The molecule has 1 aromatic carbocycles. The summed E-state index contributed by atoms with van der Waals surface area (Å²) in [6.07, 6.45) is 4.43. The van der Waals surface area contributed by atoms with Crippen molar-refractivity contribution in [3.05, 3.63) is 46.1 Å². The first-order valence-corrected chi connectivity index (χ1v) is 10.6. The molecular weight excluding hydrogens is 388 g/mol. The Labute approximate surface area is 177 Å². The Kier molecular flexibility index (Phi) is 5.23. The van der Waals surface area contributed by atoms with Gasteiger partial charge < -0.3 is 14.5 Å². The highest BCUT2D eigenvalue weighted by Crippen LogP contribution is 2.39. The fourth-order valence-corrected chi connectivity index (χ4v) is 4.74. The fraction of sp³-hybridized carbons (Fsp3) is 0.545. The van der Waals surface area contributed by atoms with E-state index < -0.39 is 5.60 Å². The number of carbonyl (C=O) groups excluding carboxylic acids is 1. The number of amides is 1. The second kappa shape index (κ2) is 7.56. The number of aromatic nitrogens is 2. The van der Waals surface area contributed by atoms with Gasteiger partial charge in [0.15, 0.2) is 0 Å². The zero-order valence-electron chi connectivity index (χ0n) is 17.6. The lowest BCUT2D eigenvalue weighted by Gasteiger charge is -2.34. The van der Waals surface area contributed by atoms with E-state index in [2.05, 4.69) is 16.1 Å². The Hall–Kier alpha value is -2.21. The van der Waals surface area contributed by atoms with Crippen molar-refractivity contribution in [2.24, 2.45) is 7.05 Å². The van der Waals surface area contributed by atoms with Gasteiger partial charge in [-0.25, -0.2) is 4.79 Å². The normalized spacial score (nSPS) is 19.4. The average molecular weight is 417 g/mol. The van der Waals surface area contributed by atoms with Gasteiger partial charge in [-0.15, -0.1) is 0 Å². The number of hydrogen-bond donors (Lipinski definition) is 0. The van der Waals surface area contributed by atoms with Gasteiger partial charge in [0.2, 0.25) is 0 Å². The van der Waals surface area contributed by atoms with E-state index in [1.165, 1.54) is 16.7 Å². The molecule has 0 N–H and O–H groups in total. The van der Waals surface area contributed by atoms with Crippen LogP contribution in [0.4, 0.5) is 10.6 Å². The molecule has 29 heavy (non-hydrogen) atoms. The summed E-state index contributed by atoms with van der Waals surface area (Å²) in [5.41, 5.74) is 3.24. The summed E-state index contributed by atoms with van der Waals surface area (Å²) in [6.45, 7) is 8.16. The topological polar surface area (TPSA) is 50.6 Å². The van der Waals surface area contributed by atoms with Gasteiger partial charge in [0.1, 0.15) is 11.4 Å². The lowest BCUT2D eigenvalue weighted by atomic mass is 9.90. The van der Waals surface area contributed by atoms with E-state index in [9.17, 15) is 4.79 Å². The zero-order valence-corrected chi connectivity index (χ0v) is 18.4. The third kappa shape index (κ3) is 4.08. The van der Waals surface area contributed by atoms with Crippen LogP contribution in [0.1, 0.15) is 56.3 Å². The molecule has 1 amide bonds. The van der Waals surface area contributed by atoms with E-state index in [4.69, 9.17) is 16.3 Å². The van der Waals surface area contributed by atoms with Crippen molar-refractivity contribution in [1.82, 2.24) is 14.7 Å². The van der Waals surface area contributed by atoms with Crippen molar-refractivity contribution in [2.75, 3.05) is 18.0 Å². The Morgan fingerprint density at radius 2 is 2.07 bits per heavy atom. The summed E-state index contributed by atoms with van der Waals surface area (Å²) in [5.74, 6) is 1.11. The van der Waals surface area contributed by atoms with E-state index in [1.807, 2.05) is 55.7 Å². The summed E-state index contributed by atoms with van der Waals surface area (Å²) in [5, 5.41) is 5.02. The molecule has 1 aromatic heterocycles. The van der Waals surface area contributed by atoms with Crippen LogP contribution >= 0.6 is 11.6 Å². The zero-order chi connectivity index (χ0) is 20.8. The molecule has 156 valence electrons. The molecule has 0 radical (unpaired) electrons. The Morgan fingerprint density at radius 1 is 1.28 bits per heavy atom. The molecule has 0 spiro atoms. The molecule has 1 saturated heterocycles. The van der Waals surface area contributed by atoms with E-state index in [0.29, 0.717) is 0 Å². The number of nitrogens with zero attached hydrogens (tertiary/aromatic N) is 4. The summed E-state index contributed by atoms with van der Waals surface area (Å²) in [4.78, 5) is 17.0. The van der Waals surface area contributed by atoms with Gasteiger partial charge >= 0.3 is 6.09 Å². The van der Waals surface area contributed by atoms with Crippen LogP contribution < -0.4 is 4.90 Å². The third-order valence-electron chi connectivity index (χ3n) is 5.69. The Bertz CT molecular complexity index is 918. The lowest BCUT2D eigenvalue weighted by Crippen LogP contribution is -2.37. The van der Waals surface area contributed by atoms with Crippen LogP contribution in [0.5, 0.6) is 0 Å². The second-order valence-electron chi connectivity index (χ2n) is 8.95. The van der Waals surface area contributed by atoms with E-state index in [-0.39, 0.29) is 12.1 Å². The van der Waals surface area contributed by atoms with Gasteiger partial charge in [0.05, 0.1) is 12.2 Å². The second-order valence-corrected chi connectivity index (χ2v) is 9.39. The van der Waals surface area contributed by atoms with Crippen LogP contribution in [-0.4, -0.2) is 39.5 Å². The minimum Gasteiger partial charge on any atom is -0.444 e. The number of fused-ring (bicyclic) bond motifs is 1. The number of halogens is 1. The van der Waals surface area contributed by atoms with Crippen molar-refractivity contribution in [2.45, 2.75) is 58.2 Å². The van der Waals surface area contributed by atoms with Gasteiger partial charge in [-0.2, -0.15) is 5.10 Å². The monoisotopic (exact) mass is 416 g/mol. The average Bonchev–Trinajstić information content (AvgIpc) is 3.28. The highest BCUT2D eigenvalue weighted by molar-refractivity contribution is 6.30. The molecule has 1 unspecified atom stereocenters. The molecule has 2 aliphatic rings. The Morgan fingerprint density at radius 3 is 2.76 bits per heavy atom. The number of rotatable bonds is 2. The molecule has 2 aromatic rings. The maximum Gasteiger partial charge on any atom is 0.410 e. The highest BCUT2D eigenvalue weighted by atomic mass is 35.5. The van der Waals surface area contributed by atoms with Crippen LogP contribution in [0.3, 0.4) is 0 Å². The van der Waals surface area contributed by atoms with Gasteiger partial charge in [-0.3, -0.25) is 4.68 Å². The molecule has 3 heterocycles. The maximum absolute atomic E-state index is 12.8. The molecule has 4 rings (SSSR count). The first-order valence-electron chi connectivity index (χ1n) is 10.3. The van der Waals surface area contributed by atoms with Crippen LogP contribution in [0.25, 0.3) is 0 Å². The van der Waals surface area contributed by atoms with Crippen LogP contribution in [-0.2, 0) is 24.8 Å². The van der Waals surface area contributed by atoms with Crippen molar-refractivity contribution >= 4 is 23.5 Å². The van der Waals surface area contributed by atoms with Gasteiger partial charge in [-0.1, -0.05) is 11.6 Å². The van der Waals surface area contributed by atoms with E-state index >= 15 is 0 Å². The van der Waals surface area contributed by atoms with Gasteiger partial charge in [0, 0.05) is 37.8 Å². The van der Waals surface area contributed by atoms with Crippen LogP contribution in [0, 0.1) is 0 Å². The van der Waals surface area contributed by atoms with Crippen molar-refractivity contribution in [1.29, 1.82) is 0 Å². The predicted molar refractivity (Wildman–Crippen MR) is 114 cm³/mol. The Balaban J connectivity index is 1.63. The fourth-order valence-electron chi connectivity index (χ4n) is 4.49. The van der Waals surface area contributed by atoms with Crippen molar-refractivity contribution < 1.29 is 9.53 Å². The number of hydrogen-bond acceptors (Lipinski definition) is 4. The number of carbonyl (C=O) groups is 1. The molecule has 6 nitrogen and oxygen atoms in total. The first kappa shape index (κ1) is 20.1. The summed E-state index contributed by atoms with van der Waals surface area (Å²) in [7, 11) is 1.96. The minimum absolute atomic E-state index is 0.0283. The molecule has 7 heteroatoms. The third-order valence-corrected chi connectivity index (χ3v) is 5.91. The van der Waals surface area contributed by atoms with Crippen molar-refractivity contribution in [3.63, 3.8) is 0 Å². The SMILES string of the molecule is Cn1nccc1N1CCc2c(cc(Cl)cc2C2CCCN2C(=O)OC(C)(C)C)C1. The molecule has 2 aliphatic heterocycles. The maximum atomic E-state index is 12.8. The number of anilines is 1. The molecule has 1 fully saturated rings. The van der Waals surface area contributed by atoms with Crippen molar-refractivity contribution in [3.8, 4) is 0 Å². The first-order chi connectivity index (χ1) is 13.7. The van der Waals surface area contributed by atoms with E-state index in [1.54, 1.807) is 0 Å². The number of aryl methyl sites for hydroxylation is 1. The molecule has 0 bridgehead atoms. The molecule has 0 saturated carbocycles. The van der Waals surface area contributed by atoms with Gasteiger partial charge in [0.25, 0.3) is 0 Å². The number of ether oxygens (including phenoxy) is 1. The summed E-state index contributed by atoms with van der Waals surface area (Å²) >= 11 is 6.53. The standard InChI is InChI=1S/C22H29ClN4O2/c1-22(2,3)29-21(28)27-10-5-6-19(27)18-13-16(23)12-15-14-26(11-8-17(15)18)20-7-9-24-25(20)4/h7,9,12-13,19H,5-6,8,10-11,14H2,1-4H3. The largest absolute Gasteiger partial charge is 0.444 e. The highest BCUT2D eigenvalue weighted by Gasteiger charge is 2.35. The number of benzene rings is 1. The quantitative estimate of drug-likeness (QED) is 0.711. The lowest BCUT2D eigenvalue weighted by molar-refractivity contribution is 0.0224. The summed E-state index contributed by atoms with van der Waals surface area (Å²) < 4.78 is 7.56. The smallest absolute Gasteiger partial charge is 0.410 e. The number of likely N-dealkylation sites (tertiary alicyclic amines) is 1. The van der Waals surface area contributed by atoms with Crippen LogP contribution in [0.2, 0.25) is 5.02 Å². The molecule has 0 aliphatic carbocycles. The molecule has 1 atom stereocenters. The van der Waals surface area contributed by atoms with Crippen LogP contribution in [0.15, 0.2) is 24.4 Å². The van der Waals surface area contributed by atoms with Gasteiger partial charge in [-0.05, 0) is 68.9 Å². The van der Waals surface area contributed by atoms with E-state index in [0.717, 1.165) is 49.7 Å². The summed E-state index contributed by atoms with van der Waals surface area (Å²) in [6, 6.07) is 6.18. The molecular formula is C22H29ClN4O2.